The Morgan fingerprint density at radius 3 is 2.24 bits per heavy atom. The van der Waals surface area contributed by atoms with Crippen LogP contribution < -0.4 is 20.5 Å². The molecule has 2 rings (SSSR count). The maximum absolute atomic E-state index is 11.6. The van der Waals surface area contributed by atoms with Crippen molar-refractivity contribution in [2.45, 2.75) is 17.9 Å². The summed E-state index contributed by atoms with van der Waals surface area (Å²) in [6.45, 7) is 2.13. The van der Waals surface area contributed by atoms with E-state index in [1.54, 1.807) is 13.0 Å². The number of carbonyl (C=O) groups is 2. The third-order valence-corrected chi connectivity index (χ3v) is 4.72. The summed E-state index contributed by atoms with van der Waals surface area (Å²) in [6.07, 6.45) is 0.822. The minimum absolute atomic E-state index is 0.157. The zero-order chi connectivity index (χ0) is 21.6. The predicted molar refractivity (Wildman–Crippen MR) is 106 cm³/mol. The fourth-order valence-corrected chi connectivity index (χ4v) is 2.99. The number of amides is 2. The zero-order valence-electron chi connectivity index (χ0n) is 16.2. The fraction of sp³-hybridized carbons (Fsp3) is 0.263. The lowest BCUT2D eigenvalue weighted by Gasteiger charge is -2.16. The molecule has 0 aliphatic heterocycles. The second-order valence-electron chi connectivity index (χ2n) is 6.24. The van der Waals surface area contributed by atoms with Crippen molar-refractivity contribution in [2.24, 2.45) is 5.73 Å². The van der Waals surface area contributed by atoms with Crippen LogP contribution in [0, 0.1) is 0 Å². The van der Waals surface area contributed by atoms with Crippen LogP contribution >= 0.6 is 0 Å². The average Bonchev–Trinajstić information content (AvgIpc) is 2.61. The van der Waals surface area contributed by atoms with E-state index in [9.17, 15) is 18.0 Å². The number of benzene rings is 2. The Balaban J connectivity index is 2.30. The first-order valence-corrected chi connectivity index (χ1v) is 10.4. The smallest absolute Gasteiger partial charge is 0.313 e. The van der Waals surface area contributed by atoms with E-state index in [1.165, 1.54) is 43.5 Å². The molecule has 3 N–H and O–H groups in total. The molecule has 9 nitrogen and oxygen atoms in total. The van der Waals surface area contributed by atoms with Crippen LogP contribution in [-0.2, 0) is 24.2 Å². The average molecular weight is 422 g/mol. The van der Waals surface area contributed by atoms with Crippen molar-refractivity contribution in [3.05, 3.63) is 42.5 Å². The number of ether oxygens (including phenoxy) is 3. The summed E-state index contributed by atoms with van der Waals surface area (Å²) < 4.78 is 39.6. The fourth-order valence-electron chi connectivity index (χ4n) is 2.36. The molecule has 0 aliphatic rings. The lowest BCUT2D eigenvalue weighted by Crippen LogP contribution is -2.29. The molecule has 2 aromatic carbocycles. The Morgan fingerprint density at radius 2 is 1.69 bits per heavy atom. The summed E-state index contributed by atoms with van der Waals surface area (Å²) in [6, 6.07) is 10.4. The molecule has 156 valence electrons. The van der Waals surface area contributed by atoms with Crippen LogP contribution in [0.1, 0.15) is 6.92 Å². The highest BCUT2D eigenvalue weighted by molar-refractivity contribution is 7.90. The van der Waals surface area contributed by atoms with Crippen LogP contribution in [0.3, 0.4) is 0 Å². The highest BCUT2D eigenvalue weighted by Crippen LogP contribution is 2.31. The third kappa shape index (κ3) is 6.77. The van der Waals surface area contributed by atoms with Crippen LogP contribution in [0.25, 0.3) is 0 Å². The highest BCUT2D eigenvalue weighted by Gasteiger charge is 2.13. The van der Waals surface area contributed by atoms with Crippen molar-refractivity contribution in [1.29, 1.82) is 0 Å². The summed E-state index contributed by atoms with van der Waals surface area (Å²) in [5.74, 6) is -1.11. The number of nitrogens with one attached hydrogen (secondary N) is 1. The molecule has 0 saturated heterocycles. The minimum atomic E-state index is -3.33. The molecule has 0 heterocycles. The number of methoxy groups -OCH3 is 1. The van der Waals surface area contributed by atoms with Crippen molar-refractivity contribution in [3.63, 3.8) is 0 Å². The van der Waals surface area contributed by atoms with Gasteiger partial charge in [0.25, 0.3) is 0 Å². The molecule has 1 atom stereocenters. The van der Waals surface area contributed by atoms with Crippen molar-refractivity contribution in [3.8, 4) is 17.2 Å². The van der Waals surface area contributed by atoms with Gasteiger partial charge in [-0.2, -0.15) is 0 Å². The van der Waals surface area contributed by atoms with Crippen molar-refractivity contribution >= 4 is 27.3 Å². The molecule has 2 amide bonds. The van der Waals surface area contributed by atoms with E-state index in [0.717, 1.165) is 6.26 Å². The Bertz CT molecular complexity index is 988. The maximum Gasteiger partial charge on any atom is 0.313 e. The molecule has 2 aromatic rings. The van der Waals surface area contributed by atoms with E-state index >= 15 is 0 Å². The van der Waals surface area contributed by atoms with E-state index in [4.69, 9.17) is 19.9 Å². The second kappa shape index (κ2) is 9.39. The SMILES string of the molecule is COC[C@H](C)Oc1cc(NC(=O)C(N)=O)cc(Oc2ccc(S(C)(=O)=O)cc2)c1. The van der Waals surface area contributed by atoms with Gasteiger partial charge in [-0.15, -0.1) is 0 Å². The first-order valence-electron chi connectivity index (χ1n) is 8.48. The van der Waals surface area contributed by atoms with Gasteiger partial charge in [0, 0.05) is 37.3 Å². The molecular formula is C19H22N2O7S. The first-order chi connectivity index (χ1) is 13.6. The van der Waals surface area contributed by atoms with E-state index < -0.39 is 21.7 Å². The van der Waals surface area contributed by atoms with E-state index in [-0.39, 0.29) is 16.7 Å². The number of anilines is 1. The molecule has 0 aliphatic carbocycles. The lowest BCUT2D eigenvalue weighted by molar-refractivity contribution is -0.134. The standard InChI is InChI=1S/C19H22N2O7S/c1-12(11-26-2)27-15-8-13(21-19(23)18(20)22)9-16(10-15)28-14-4-6-17(7-5-14)29(3,24)25/h4-10,12H,11H2,1-3H3,(H2,20,22)(H,21,23)/t12-/m0/s1. The topological polar surface area (TPSA) is 134 Å². The monoisotopic (exact) mass is 422 g/mol. The van der Waals surface area contributed by atoms with Gasteiger partial charge in [0.2, 0.25) is 0 Å². The van der Waals surface area contributed by atoms with Crippen molar-refractivity contribution < 1.29 is 32.2 Å². The quantitative estimate of drug-likeness (QED) is 0.619. The van der Waals surface area contributed by atoms with Crippen LogP contribution in [0.15, 0.2) is 47.4 Å². The summed E-state index contributed by atoms with van der Waals surface area (Å²) in [5, 5.41) is 2.36. The predicted octanol–water partition coefficient (Wildman–Crippen LogP) is 1.72. The van der Waals surface area contributed by atoms with Gasteiger partial charge < -0.3 is 25.3 Å². The second-order valence-corrected chi connectivity index (χ2v) is 8.26. The Morgan fingerprint density at radius 1 is 1.07 bits per heavy atom. The Hall–Kier alpha value is -3.11. The molecule has 0 bridgehead atoms. The summed E-state index contributed by atoms with van der Waals surface area (Å²) >= 11 is 0. The largest absolute Gasteiger partial charge is 0.488 e. The van der Waals surface area contributed by atoms with Crippen LogP contribution in [-0.4, -0.2) is 46.3 Å². The molecule has 29 heavy (non-hydrogen) atoms. The van der Waals surface area contributed by atoms with E-state index in [2.05, 4.69) is 5.32 Å². The van der Waals surface area contributed by atoms with E-state index in [0.29, 0.717) is 23.9 Å². The normalized spacial score (nSPS) is 12.1. The number of sulfone groups is 1. The van der Waals surface area contributed by atoms with Crippen molar-refractivity contribution in [2.75, 3.05) is 25.3 Å². The molecule has 0 spiro atoms. The zero-order valence-corrected chi connectivity index (χ0v) is 17.0. The van der Waals surface area contributed by atoms with Gasteiger partial charge in [-0.05, 0) is 31.2 Å². The summed E-state index contributed by atoms with van der Waals surface area (Å²) in [5.41, 5.74) is 5.21. The maximum atomic E-state index is 11.6. The molecule has 0 saturated carbocycles. The van der Waals surface area contributed by atoms with Gasteiger partial charge in [-0.1, -0.05) is 0 Å². The van der Waals surface area contributed by atoms with Gasteiger partial charge in [-0.3, -0.25) is 9.59 Å². The number of rotatable bonds is 8. The minimum Gasteiger partial charge on any atom is -0.488 e. The molecule has 10 heteroatoms. The van der Waals surface area contributed by atoms with Gasteiger partial charge in [-0.25, -0.2) is 8.42 Å². The Kier molecular flexibility index (Phi) is 7.18. The number of primary amides is 1. The van der Waals surface area contributed by atoms with Crippen LogP contribution in [0.4, 0.5) is 5.69 Å². The molecule has 0 unspecified atom stereocenters. The Labute approximate surface area is 168 Å². The highest BCUT2D eigenvalue weighted by atomic mass is 32.2. The molecule has 0 aromatic heterocycles. The summed E-state index contributed by atoms with van der Waals surface area (Å²) in [4.78, 5) is 22.8. The number of hydrogen-bond acceptors (Lipinski definition) is 7. The van der Waals surface area contributed by atoms with Gasteiger partial charge in [0.15, 0.2) is 9.84 Å². The van der Waals surface area contributed by atoms with Gasteiger partial charge in [0.05, 0.1) is 11.5 Å². The number of nitrogens with two attached hydrogens (primary N) is 1. The van der Waals surface area contributed by atoms with Gasteiger partial charge >= 0.3 is 11.8 Å². The van der Waals surface area contributed by atoms with E-state index in [1.807, 2.05) is 0 Å². The van der Waals surface area contributed by atoms with Gasteiger partial charge in [0.1, 0.15) is 23.4 Å². The van der Waals surface area contributed by atoms with Crippen LogP contribution in [0.5, 0.6) is 17.2 Å². The molecular weight excluding hydrogens is 400 g/mol. The number of hydrogen-bond donors (Lipinski definition) is 2. The first kappa shape index (κ1) is 22.2. The third-order valence-electron chi connectivity index (χ3n) is 3.59. The summed E-state index contributed by atoms with van der Waals surface area (Å²) in [7, 11) is -1.79. The van der Waals surface area contributed by atoms with Crippen LogP contribution in [0.2, 0.25) is 0 Å². The lowest BCUT2D eigenvalue weighted by atomic mass is 10.2. The number of carbonyl (C=O) groups excluding carboxylic acids is 2. The molecule has 0 fully saturated rings. The van der Waals surface area contributed by atoms with Crippen molar-refractivity contribution in [1.82, 2.24) is 0 Å². The molecule has 0 radical (unpaired) electrons.